The Morgan fingerprint density at radius 1 is 0.972 bits per heavy atom. The van der Waals surface area contributed by atoms with E-state index in [4.69, 9.17) is 21.1 Å². The molecule has 6 nitrogen and oxygen atoms in total. The van der Waals surface area contributed by atoms with Gasteiger partial charge in [0.05, 0.1) is 31.9 Å². The molecule has 36 heavy (non-hydrogen) atoms. The Bertz CT molecular complexity index is 1230. The van der Waals surface area contributed by atoms with Crippen LogP contribution in [0.1, 0.15) is 11.1 Å². The van der Waals surface area contributed by atoms with Gasteiger partial charge in [0.1, 0.15) is 11.5 Å². The number of benzene rings is 3. The molecule has 0 spiro atoms. The third-order valence-corrected chi connectivity index (χ3v) is 7.56. The molecule has 2 heterocycles. The zero-order valence-electron chi connectivity index (χ0n) is 20.7. The second-order valence-electron chi connectivity index (χ2n) is 9.32. The number of amides is 1. The van der Waals surface area contributed by atoms with Crippen molar-refractivity contribution in [2.24, 2.45) is 5.92 Å². The highest BCUT2D eigenvalue weighted by molar-refractivity contribution is 6.31. The lowest BCUT2D eigenvalue weighted by molar-refractivity contribution is -0.125. The number of rotatable bonds is 7. The number of halogens is 1. The van der Waals surface area contributed by atoms with Crippen molar-refractivity contribution in [2.75, 3.05) is 50.2 Å². The highest BCUT2D eigenvalue weighted by Gasteiger charge is 2.41. The van der Waals surface area contributed by atoms with E-state index in [9.17, 15) is 4.79 Å². The number of fused-ring (bicyclic) bond motifs is 3. The average Bonchev–Trinajstić information content (AvgIpc) is 2.92. The number of piperazine rings is 1. The van der Waals surface area contributed by atoms with Gasteiger partial charge in [-0.1, -0.05) is 48.0 Å². The van der Waals surface area contributed by atoms with Crippen LogP contribution in [0, 0.1) is 5.92 Å². The third kappa shape index (κ3) is 4.82. The molecule has 3 aromatic rings. The summed E-state index contributed by atoms with van der Waals surface area (Å²) in [5.41, 5.74) is 4.53. The van der Waals surface area contributed by atoms with Gasteiger partial charge in [0, 0.05) is 36.9 Å². The van der Waals surface area contributed by atoms with Gasteiger partial charge < -0.3 is 24.6 Å². The molecule has 0 bridgehead atoms. The van der Waals surface area contributed by atoms with Crippen molar-refractivity contribution in [3.8, 4) is 11.5 Å². The smallest absolute Gasteiger partial charge is 0.225 e. The maximum absolute atomic E-state index is 13.6. The van der Waals surface area contributed by atoms with Crippen LogP contribution in [0.3, 0.4) is 0 Å². The van der Waals surface area contributed by atoms with Gasteiger partial charge in [-0.05, 0) is 54.3 Å². The van der Waals surface area contributed by atoms with Crippen LogP contribution >= 0.6 is 11.6 Å². The van der Waals surface area contributed by atoms with Crippen molar-refractivity contribution in [3.63, 3.8) is 0 Å². The van der Waals surface area contributed by atoms with E-state index < -0.39 is 0 Å². The minimum atomic E-state index is -0.162. The van der Waals surface area contributed by atoms with E-state index in [1.165, 1.54) is 11.3 Å². The largest absolute Gasteiger partial charge is 0.496 e. The van der Waals surface area contributed by atoms with Crippen molar-refractivity contribution in [1.82, 2.24) is 5.32 Å². The highest BCUT2D eigenvalue weighted by Crippen LogP contribution is 2.39. The van der Waals surface area contributed by atoms with E-state index in [0.29, 0.717) is 11.6 Å². The van der Waals surface area contributed by atoms with Crippen molar-refractivity contribution in [1.29, 1.82) is 0 Å². The van der Waals surface area contributed by atoms with E-state index in [1.807, 2.05) is 42.5 Å². The van der Waals surface area contributed by atoms with E-state index in [0.717, 1.165) is 55.2 Å². The van der Waals surface area contributed by atoms with Crippen LogP contribution in [-0.4, -0.2) is 52.3 Å². The highest BCUT2D eigenvalue weighted by atomic mass is 35.5. The van der Waals surface area contributed by atoms with Gasteiger partial charge in [0.25, 0.3) is 0 Å². The lowest BCUT2D eigenvalue weighted by atomic mass is 9.83. The van der Waals surface area contributed by atoms with Gasteiger partial charge in [-0.25, -0.2) is 0 Å². The second-order valence-corrected chi connectivity index (χ2v) is 9.75. The molecule has 1 N–H and O–H groups in total. The van der Waals surface area contributed by atoms with E-state index >= 15 is 0 Å². The summed E-state index contributed by atoms with van der Waals surface area (Å²) in [5, 5.41) is 3.89. The first-order valence-corrected chi connectivity index (χ1v) is 12.8. The summed E-state index contributed by atoms with van der Waals surface area (Å²) in [7, 11) is 3.35. The fourth-order valence-corrected chi connectivity index (χ4v) is 5.71. The molecule has 0 radical (unpaired) electrons. The molecular weight excluding hydrogens is 474 g/mol. The van der Waals surface area contributed by atoms with Crippen LogP contribution in [0.25, 0.3) is 0 Å². The standard InChI is InChI=1S/C29H32ClN3O3/c1-35-27-10-6-4-7-20(27)13-14-31-29(34)23-17-21-8-3-5-9-24(21)33-16-15-32(19-26(23)33)25-18-22(30)11-12-28(25)36-2/h3-12,18,23,26H,13-17,19H2,1-2H3,(H,31,34). The number of hydrogen-bond acceptors (Lipinski definition) is 5. The monoisotopic (exact) mass is 505 g/mol. The third-order valence-electron chi connectivity index (χ3n) is 7.33. The summed E-state index contributed by atoms with van der Waals surface area (Å²) in [4.78, 5) is 18.3. The Morgan fingerprint density at radius 2 is 1.75 bits per heavy atom. The summed E-state index contributed by atoms with van der Waals surface area (Å²) in [6.45, 7) is 2.93. The average molecular weight is 506 g/mol. The quantitative estimate of drug-likeness (QED) is 0.509. The molecule has 0 aromatic heterocycles. The van der Waals surface area contributed by atoms with Crippen molar-refractivity contribution < 1.29 is 14.3 Å². The van der Waals surface area contributed by atoms with Crippen LogP contribution in [0.5, 0.6) is 11.5 Å². The normalized spacial score (nSPS) is 18.8. The van der Waals surface area contributed by atoms with Crippen LogP contribution in [0.15, 0.2) is 66.7 Å². The van der Waals surface area contributed by atoms with Gasteiger partial charge in [0.15, 0.2) is 0 Å². The van der Waals surface area contributed by atoms with Crippen molar-refractivity contribution >= 4 is 28.9 Å². The Hall–Kier alpha value is -3.38. The lowest BCUT2D eigenvalue weighted by Gasteiger charge is -2.49. The number of hydrogen-bond donors (Lipinski definition) is 1. The molecule has 0 aliphatic carbocycles. The summed E-state index contributed by atoms with van der Waals surface area (Å²) in [5.74, 6) is 1.57. The minimum absolute atomic E-state index is 0.0450. The Labute approximate surface area is 217 Å². The van der Waals surface area contributed by atoms with Crippen LogP contribution < -0.4 is 24.6 Å². The molecular formula is C29H32ClN3O3. The molecule has 5 rings (SSSR count). The van der Waals surface area contributed by atoms with Crippen molar-refractivity contribution in [2.45, 2.75) is 18.9 Å². The summed E-state index contributed by atoms with van der Waals surface area (Å²) in [6, 6.07) is 22.2. The van der Waals surface area contributed by atoms with Crippen LogP contribution in [0.4, 0.5) is 11.4 Å². The minimum Gasteiger partial charge on any atom is -0.496 e. The first kappa shape index (κ1) is 24.3. The number of nitrogens with one attached hydrogen (secondary N) is 1. The topological polar surface area (TPSA) is 54.0 Å². The molecule has 1 amide bonds. The van der Waals surface area contributed by atoms with E-state index in [2.05, 4.69) is 39.4 Å². The van der Waals surface area contributed by atoms with Crippen molar-refractivity contribution in [3.05, 3.63) is 82.9 Å². The van der Waals surface area contributed by atoms with Crippen LogP contribution in [0.2, 0.25) is 5.02 Å². The van der Waals surface area contributed by atoms with Gasteiger partial charge in [-0.2, -0.15) is 0 Å². The molecule has 188 valence electrons. The first-order valence-electron chi connectivity index (χ1n) is 12.4. The summed E-state index contributed by atoms with van der Waals surface area (Å²) < 4.78 is 11.1. The molecule has 1 saturated heterocycles. The molecule has 7 heteroatoms. The lowest BCUT2D eigenvalue weighted by Crippen LogP contribution is -2.61. The maximum atomic E-state index is 13.6. The molecule has 1 fully saturated rings. The van der Waals surface area contributed by atoms with Crippen LogP contribution in [-0.2, 0) is 17.6 Å². The number of carbonyl (C=O) groups is 1. The number of nitrogens with zero attached hydrogens (tertiary/aromatic N) is 2. The number of para-hydroxylation sites is 2. The number of methoxy groups -OCH3 is 2. The van der Waals surface area contributed by atoms with Gasteiger partial charge >= 0.3 is 0 Å². The molecule has 2 atom stereocenters. The maximum Gasteiger partial charge on any atom is 0.225 e. The predicted octanol–water partition coefficient (Wildman–Crippen LogP) is 4.58. The molecule has 0 saturated carbocycles. The Kier molecular flexibility index (Phi) is 7.23. The Morgan fingerprint density at radius 3 is 2.58 bits per heavy atom. The first-order chi connectivity index (χ1) is 17.6. The molecule has 2 aliphatic rings. The predicted molar refractivity (Wildman–Crippen MR) is 145 cm³/mol. The van der Waals surface area contributed by atoms with Gasteiger partial charge in [-0.15, -0.1) is 0 Å². The van der Waals surface area contributed by atoms with Gasteiger partial charge in [-0.3, -0.25) is 4.79 Å². The molecule has 2 unspecified atom stereocenters. The van der Waals surface area contributed by atoms with E-state index in [1.54, 1.807) is 14.2 Å². The SMILES string of the molecule is COc1ccccc1CCNC(=O)C1Cc2ccccc2N2CCN(c3cc(Cl)ccc3OC)CC12. The molecule has 3 aromatic carbocycles. The number of anilines is 2. The fourth-order valence-electron chi connectivity index (χ4n) is 5.55. The Balaban J connectivity index is 1.36. The summed E-state index contributed by atoms with van der Waals surface area (Å²) in [6.07, 6.45) is 1.44. The number of ether oxygens (including phenoxy) is 2. The zero-order chi connectivity index (χ0) is 25.1. The fraction of sp³-hybridized carbons (Fsp3) is 0.345. The van der Waals surface area contributed by atoms with E-state index in [-0.39, 0.29) is 17.9 Å². The zero-order valence-corrected chi connectivity index (χ0v) is 21.5. The second kappa shape index (κ2) is 10.7. The molecule has 2 aliphatic heterocycles. The summed E-state index contributed by atoms with van der Waals surface area (Å²) >= 11 is 6.34. The van der Waals surface area contributed by atoms with Gasteiger partial charge in [0.2, 0.25) is 5.91 Å². The number of carbonyl (C=O) groups excluding carboxylic acids is 1.